The van der Waals surface area contributed by atoms with E-state index in [1.165, 1.54) is 0 Å². The minimum Gasteiger partial charge on any atom is -0.383 e. The summed E-state index contributed by atoms with van der Waals surface area (Å²) in [5.74, 6) is 0.0420. The molecule has 0 aliphatic rings. The van der Waals surface area contributed by atoms with E-state index in [4.69, 9.17) is 4.74 Å². The molecule has 0 atom stereocenters. The standard InChI is InChI=1S/C12H27N3O2/c1-12(2,3)14-6-8-15(4)10-11(16)13-7-9-17-5/h14H,6-10H2,1-5H3,(H,13,16). The Morgan fingerprint density at radius 1 is 1.29 bits per heavy atom. The maximum absolute atomic E-state index is 11.5. The predicted octanol–water partition coefficient (Wildman–Crippen LogP) is 0.0689. The quantitative estimate of drug-likeness (QED) is 0.594. The molecule has 1 amide bonds. The van der Waals surface area contributed by atoms with Crippen LogP contribution in [0.4, 0.5) is 0 Å². The normalized spacial score (nSPS) is 11.9. The highest BCUT2D eigenvalue weighted by molar-refractivity contribution is 5.77. The molecule has 5 nitrogen and oxygen atoms in total. The van der Waals surface area contributed by atoms with E-state index in [0.29, 0.717) is 19.7 Å². The molecule has 0 spiro atoms. The summed E-state index contributed by atoms with van der Waals surface area (Å²) in [6.07, 6.45) is 0. The highest BCUT2D eigenvalue weighted by Gasteiger charge is 2.09. The molecule has 5 heteroatoms. The van der Waals surface area contributed by atoms with Crippen molar-refractivity contribution in [2.24, 2.45) is 0 Å². The molecule has 0 unspecified atom stereocenters. The fourth-order valence-electron chi connectivity index (χ4n) is 1.29. The molecule has 0 fully saturated rings. The van der Waals surface area contributed by atoms with E-state index >= 15 is 0 Å². The van der Waals surface area contributed by atoms with E-state index in [1.54, 1.807) is 7.11 Å². The second kappa shape index (κ2) is 8.44. The van der Waals surface area contributed by atoms with Gasteiger partial charge in [0, 0.05) is 32.3 Å². The molecule has 102 valence electrons. The highest BCUT2D eigenvalue weighted by Crippen LogP contribution is 1.97. The molecule has 0 aliphatic carbocycles. The zero-order chi connectivity index (χ0) is 13.3. The summed E-state index contributed by atoms with van der Waals surface area (Å²) >= 11 is 0. The highest BCUT2D eigenvalue weighted by atomic mass is 16.5. The fourth-order valence-corrected chi connectivity index (χ4v) is 1.29. The van der Waals surface area contributed by atoms with Gasteiger partial charge in [0.25, 0.3) is 0 Å². The lowest BCUT2D eigenvalue weighted by molar-refractivity contribution is -0.122. The Morgan fingerprint density at radius 2 is 1.94 bits per heavy atom. The van der Waals surface area contributed by atoms with Gasteiger partial charge in [0.05, 0.1) is 13.2 Å². The number of hydrogen-bond acceptors (Lipinski definition) is 4. The molecule has 0 radical (unpaired) electrons. The average Bonchev–Trinajstić information content (AvgIpc) is 2.15. The van der Waals surface area contributed by atoms with Gasteiger partial charge in [0.15, 0.2) is 0 Å². The maximum atomic E-state index is 11.5. The third-order valence-corrected chi connectivity index (χ3v) is 2.19. The van der Waals surface area contributed by atoms with Crippen LogP contribution in [-0.4, -0.2) is 63.3 Å². The largest absolute Gasteiger partial charge is 0.383 e. The first-order valence-electron chi connectivity index (χ1n) is 6.04. The minimum atomic E-state index is 0.0420. The van der Waals surface area contributed by atoms with Crippen molar-refractivity contribution in [2.45, 2.75) is 26.3 Å². The predicted molar refractivity (Wildman–Crippen MR) is 70.1 cm³/mol. The van der Waals surface area contributed by atoms with Crippen LogP contribution in [0.3, 0.4) is 0 Å². The van der Waals surface area contributed by atoms with Gasteiger partial charge in [-0.2, -0.15) is 0 Å². The van der Waals surface area contributed by atoms with Crippen LogP contribution in [0.1, 0.15) is 20.8 Å². The Labute approximate surface area is 105 Å². The van der Waals surface area contributed by atoms with Crippen molar-refractivity contribution in [2.75, 3.05) is 46.9 Å². The van der Waals surface area contributed by atoms with E-state index in [-0.39, 0.29) is 11.4 Å². The number of methoxy groups -OCH3 is 1. The van der Waals surface area contributed by atoms with Crippen LogP contribution in [0.25, 0.3) is 0 Å². The Morgan fingerprint density at radius 3 is 2.47 bits per heavy atom. The molecule has 0 rings (SSSR count). The summed E-state index contributed by atoms with van der Waals surface area (Å²) in [7, 11) is 3.57. The van der Waals surface area contributed by atoms with Crippen LogP contribution in [0.2, 0.25) is 0 Å². The van der Waals surface area contributed by atoms with Gasteiger partial charge in [-0.3, -0.25) is 9.69 Å². The summed E-state index contributed by atoms with van der Waals surface area (Å²) in [5.41, 5.74) is 0.127. The van der Waals surface area contributed by atoms with Gasteiger partial charge in [0.1, 0.15) is 0 Å². The van der Waals surface area contributed by atoms with E-state index in [1.807, 2.05) is 11.9 Å². The number of likely N-dealkylation sites (N-methyl/N-ethyl adjacent to an activating group) is 1. The number of ether oxygens (including phenoxy) is 1. The second-order valence-electron chi connectivity index (χ2n) is 5.26. The van der Waals surface area contributed by atoms with Gasteiger partial charge < -0.3 is 15.4 Å². The summed E-state index contributed by atoms with van der Waals surface area (Å²) in [6.45, 7) is 9.68. The van der Waals surface area contributed by atoms with Crippen molar-refractivity contribution < 1.29 is 9.53 Å². The maximum Gasteiger partial charge on any atom is 0.234 e. The van der Waals surface area contributed by atoms with Crippen molar-refractivity contribution in [3.05, 3.63) is 0 Å². The van der Waals surface area contributed by atoms with E-state index in [9.17, 15) is 4.79 Å². The lowest BCUT2D eigenvalue weighted by Crippen LogP contribution is -2.43. The molecular weight excluding hydrogens is 218 g/mol. The first-order valence-corrected chi connectivity index (χ1v) is 6.04. The molecule has 0 saturated heterocycles. The number of nitrogens with zero attached hydrogens (tertiary/aromatic N) is 1. The second-order valence-corrected chi connectivity index (χ2v) is 5.26. The molecule has 0 aromatic carbocycles. The molecular formula is C12H27N3O2. The number of carbonyl (C=O) groups is 1. The molecule has 2 N–H and O–H groups in total. The number of hydrogen-bond donors (Lipinski definition) is 2. The molecule has 17 heavy (non-hydrogen) atoms. The zero-order valence-corrected chi connectivity index (χ0v) is 11.8. The van der Waals surface area contributed by atoms with Crippen LogP contribution in [0, 0.1) is 0 Å². The van der Waals surface area contributed by atoms with Gasteiger partial charge >= 0.3 is 0 Å². The summed E-state index contributed by atoms with van der Waals surface area (Å²) in [6, 6.07) is 0. The Balaban J connectivity index is 3.57. The van der Waals surface area contributed by atoms with E-state index < -0.39 is 0 Å². The van der Waals surface area contributed by atoms with Crippen molar-refractivity contribution in [3.8, 4) is 0 Å². The number of nitrogens with one attached hydrogen (secondary N) is 2. The molecule has 0 bridgehead atoms. The summed E-state index contributed by atoms with van der Waals surface area (Å²) < 4.78 is 4.86. The third kappa shape index (κ3) is 11.6. The van der Waals surface area contributed by atoms with Crippen molar-refractivity contribution in [1.29, 1.82) is 0 Å². The Hall–Kier alpha value is -0.650. The van der Waals surface area contributed by atoms with Crippen molar-refractivity contribution in [3.63, 3.8) is 0 Å². The van der Waals surface area contributed by atoms with Crippen LogP contribution in [0.5, 0.6) is 0 Å². The number of rotatable bonds is 8. The fraction of sp³-hybridized carbons (Fsp3) is 0.917. The minimum absolute atomic E-state index is 0.0420. The van der Waals surface area contributed by atoms with Gasteiger partial charge in [-0.05, 0) is 27.8 Å². The Kier molecular flexibility index (Phi) is 8.12. The zero-order valence-electron chi connectivity index (χ0n) is 11.8. The molecule has 0 saturated carbocycles. The monoisotopic (exact) mass is 245 g/mol. The summed E-state index contributed by atoms with van der Waals surface area (Å²) in [5, 5.41) is 6.18. The van der Waals surface area contributed by atoms with Crippen LogP contribution in [-0.2, 0) is 9.53 Å². The van der Waals surface area contributed by atoms with Crippen molar-refractivity contribution >= 4 is 5.91 Å². The van der Waals surface area contributed by atoms with Crippen molar-refractivity contribution in [1.82, 2.24) is 15.5 Å². The first-order chi connectivity index (χ1) is 7.85. The lowest BCUT2D eigenvalue weighted by atomic mass is 10.1. The Bertz CT molecular complexity index is 214. The third-order valence-electron chi connectivity index (χ3n) is 2.19. The van der Waals surface area contributed by atoms with Crippen LogP contribution >= 0.6 is 0 Å². The van der Waals surface area contributed by atoms with Crippen LogP contribution < -0.4 is 10.6 Å². The topological polar surface area (TPSA) is 53.6 Å². The summed E-state index contributed by atoms with van der Waals surface area (Å²) in [4.78, 5) is 13.5. The molecule has 0 aromatic rings. The van der Waals surface area contributed by atoms with Gasteiger partial charge in [-0.15, -0.1) is 0 Å². The first kappa shape index (κ1) is 16.4. The van der Waals surface area contributed by atoms with Gasteiger partial charge in [-0.25, -0.2) is 0 Å². The lowest BCUT2D eigenvalue weighted by Gasteiger charge is -2.23. The SMILES string of the molecule is COCCNC(=O)CN(C)CCNC(C)(C)C. The van der Waals surface area contributed by atoms with Gasteiger partial charge in [-0.1, -0.05) is 0 Å². The average molecular weight is 245 g/mol. The van der Waals surface area contributed by atoms with Crippen LogP contribution in [0.15, 0.2) is 0 Å². The molecule has 0 aliphatic heterocycles. The van der Waals surface area contributed by atoms with E-state index in [0.717, 1.165) is 13.1 Å². The molecule has 0 heterocycles. The number of carbonyl (C=O) groups excluding carboxylic acids is 1. The number of amides is 1. The van der Waals surface area contributed by atoms with E-state index in [2.05, 4.69) is 31.4 Å². The van der Waals surface area contributed by atoms with Gasteiger partial charge in [0.2, 0.25) is 5.91 Å². The molecule has 0 aromatic heterocycles. The smallest absolute Gasteiger partial charge is 0.234 e.